The van der Waals surface area contributed by atoms with Crippen molar-refractivity contribution in [3.8, 4) is 0 Å². The van der Waals surface area contributed by atoms with Gasteiger partial charge in [-0.1, -0.05) is 18.2 Å². The maximum atomic E-state index is 10.5. The van der Waals surface area contributed by atoms with E-state index in [1.54, 1.807) is 0 Å². The molecule has 23 heavy (non-hydrogen) atoms. The molecule has 1 saturated heterocycles. The number of aryl methyl sites for hydroxylation is 1. The van der Waals surface area contributed by atoms with Crippen molar-refractivity contribution in [2.24, 2.45) is 0 Å². The SMILES string of the molecule is O[C@]1(CNCCCN2CCCc3ccccc32)CNCCOC1. The molecule has 1 fully saturated rings. The molecule has 0 aliphatic carbocycles. The van der Waals surface area contributed by atoms with E-state index >= 15 is 0 Å². The average molecular weight is 319 g/mol. The second-order valence-electron chi connectivity index (χ2n) is 6.70. The van der Waals surface area contributed by atoms with Gasteiger partial charge in [0.1, 0.15) is 5.60 Å². The highest BCUT2D eigenvalue weighted by molar-refractivity contribution is 5.55. The van der Waals surface area contributed by atoms with Crippen LogP contribution in [-0.2, 0) is 11.2 Å². The lowest BCUT2D eigenvalue weighted by Crippen LogP contribution is -2.50. The molecule has 0 spiro atoms. The largest absolute Gasteiger partial charge is 0.385 e. The molecule has 3 rings (SSSR count). The number of rotatable bonds is 6. The van der Waals surface area contributed by atoms with Crippen LogP contribution in [0, 0.1) is 0 Å². The second kappa shape index (κ2) is 8.11. The highest BCUT2D eigenvalue weighted by Gasteiger charge is 2.28. The van der Waals surface area contributed by atoms with E-state index in [4.69, 9.17) is 4.74 Å². The van der Waals surface area contributed by atoms with Crippen LogP contribution in [0.4, 0.5) is 5.69 Å². The van der Waals surface area contributed by atoms with Crippen LogP contribution < -0.4 is 15.5 Å². The normalized spacial score (nSPS) is 25.0. The van der Waals surface area contributed by atoms with E-state index < -0.39 is 5.60 Å². The number of β-amino-alcohol motifs (C(OH)–C–C–N with tert-alkyl or cyclic N) is 1. The Morgan fingerprint density at radius 3 is 3.22 bits per heavy atom. The first kappa shape index (κ1) is 16.7. The number of nitrogens with zero attached hydrogens (tertiary/aromatic N) is 1. The van der Waals surface area contributed by atoms with Gasteiger partial charge in [0.2, 0.25) is 0 Å². The van der Waals surface area contributed by atoms with Gasteiger partial charge in [0.15, 0.2) is 0 Å². The van der Waals surface area contributed by atoms with Crippen LogP contribution in [0.5, 0.6) is 0 Å². The van der Waals surface area contributed by atoms with Gasteiger partial charge in [0, 0.05) is 38.4 Å². The molecule has 0 amide bonds. The van der Waals surface area contributed by atoms with Crippen LogP contribution in [-0.4, -0.2) is 63.2 Å². The van der Waals surface area contributed by atoms with Crippen molar-refractivity contribution in [2.45, 2.75) is 24.9 Å². The predicted octanol–water partition coefficient (Wildman–Crippen LogP) is 0.770. The Balaban J connectivity index is 1.39. The summed E-state index contributed by atoms with van der Waals surface area (Å²) in [4.78, 5) is 2.49. The maximum Gasteiger partial charge on any atom is 0.113 e. The molecule has 1 atom stereocenters. The number of ether oxygens (including phenoxy) is 1. The molecular formula is C18H29N3O2. The summed E-state index contributed by atoms with van der Waals surface area (Å²) >= 11 is 0. The summed E-state index contributed by atoms with van der Waals surface area (Å²) in [6, 6.07) is 8.74. The molecule has 0 unspecified atom stereocenters. The molecule has 2 heterocycles. The number of para-hydroxylation sites is 1. The topological polar surface area (TPSA) is 56.8 Å². The monoisotopic (exact) mass is 319 g/mol. The maximum absolute atomic E-state index is 10.5. The number of benzene rings is 1. The molecule has 128 valence electrons. The molecule has 0 bridgehead atoms. The Bertz CT molecular complexity index is 487. The van der Waals surface area contributed by atoms with Crippen molar-refractivity contribution in [1.82, 2.24) is 10.6 Å². The summed E-state index contributed by atoms with van der Waals surface area (Å²) in [6.07, 6.45) is 3.52. The van der Waals surface area contributed by atoms with E-state index in [0.29, 0.717) is 26.3 Å². The van der Waals surface area contributed by atoms with Crippen LogP contribution in [0.2, 0.25) is 0 Å². The zero-order chi connectivity index (χ0) is 16.0. The molecule has 0 radical (unpaired) electrons. The van der Waals surface area contributed by atoms with Gasteiger partial charge in [-0.15, -0.1) is 0 Å². The summed E-state index contributed by atoms with van der Waals surface area (Å²) in [5.74, 6) is 0. The first-order valence-electron chi connectivity index (χ1n) is 8.81. The van der Waals surface area contributed by atoms with Gasteiger partial charge in [-0.05, 0) is 37.4 Å². The minimum Gasteiger partial charge on any atom is -0.385 e. The van der Waals surface area contributed by atoms with E-state index in [-0.39, 0.29) is 0 Å². The molecule has 5 heteroatoms. The van der Waals surface area contributed by atoms with E-state index in [9.17, 15) is 5.11 Å². The fourth-order valence-electron chi connectivity index (χ4n) is 3.45. The first-order chi connectivity index (χ1) is 11.3. The molecular weight excluding hydrogens is 290 g/mol. The quantitative estimate of drug-likeness (QED) is 0.676. The Morgan fingerprint density at radius 2 is 2.26 bits per heavy atom. The summed E-state index contributed by atoms with van der Waals surface area (Å²) in [5, 5.41) is 17.1. The second-order valence-corrected chi connectivity index (χ2v) is 6.70. The number of nitrogens with one attached hydrogen (secondary N) is 2. The fraction of sp³-hybridized carbons (Fsp3) is 0.667. The average Bonchev–Trinajstić information content (AvgIpc) is 2.80. The summed E-state index contributed by atoms with van der Waals surface area (Å²) in [7, 11) is 0. The summed E-state index contributed by atoms with van der Waals surface area (Å²) in [6.45, 7) is 6.22. The van der Waals surface area contributed by atoms with Crippen molar-refractivity contribution < 1.29 is 9.84 Å². The third kappa shape index (κ3) is 4.67. The predicted molar refractivity (Wildman–Crippen MR) is 93.1 cm³/mol. The molecule has 1 aromatic carbocycles. The lowest BCUT2D eigenvalue weighted by molar-refractivity contribution is -0.0261. The van der Waals surface area contributed by atoms with E-state index in [0.717, 1.165) is 32.6 Å². The molecule has 2 aliphatic heterocycles. The Hall–Kier alpha value is -1.14. The van der Waals surface area contributed by atoms with Crippen molar-refractivity contribution in [1.29, 1.82) is 0 Å². The Morgan fingerprint density at radius 1 is 1.35 bits per heavy atom. The van der Waals surface area contributed by atoms with E-state index in [1.165, 1.54) is 24.1 Å². The van der Waals surface area contributed by atoms with Gasteiger partial charge in [0.25, 0.3) is 0 Å². The smallest absolute Gasteiger partial charge is 0.113 e. The van der Waals surface area contributed by atoms with Gasteiger partial charge in [-0.3, -0.25) is 0 Å². The van der Waals surface area contributed by atoms with Gasteiger partial charge in [0.05, 0.1) is 13.2 Å². The molecule has 3 N–H and O–H groups in total. The van der Waals surface area contributed by atoms with Gasteiger partial charge >= 0.3 is 0 Å². The standard InChI is InChI=1S/C18H29N3O2/c22-18(14-20-9-12-23-15-18)13-19-8-4-11-21-10-3-6-16-5-1-2-7-17(16)21/h1-2,5,7,19-20,22H,3-4,6,8-15H2/t18-/m1/s1. The van der Waals surface area contributed by atoms with Crippen LogP contribution >= 0.6 is 0 Å². The number of anilines is 1. The molecule has 0 aromatic heterocycles. The third-order valence-corrected chi connectivity index (χ3v) is 4.69. The first-order valence-corrected chi connectivity index (χ1v) is 8.81. The van der Waals surface area contributed by atoms with E-state index in [2.05, 4.69) is 39.8 Å². The van der Waals surface area contributed by atoms with E-state index in [1.807, 2.05) is 0 Å². The lowest BCUT2D eigenvalue weighted by Gasteiger charge is -2.31. The third-order valence-electron chi connectivity index (χ3n) is 4.69. The molecule has 2 aliphatic rings. The number of aliphatic hydroxyl groups is 1. The highest BCUT2D eigenvalue weighted by atomic mass is 16.5. The number of hydrogen-bond donors (Lipinski definition) is 3. The zero-order valence-corrected chi connectivity index (χ0v) is 13.9. The van der Waals surface area contributed by atoms with Crippen molar-refractivity contribution in [3.05, 3.63) is 29.8 Å². The van der Waals surface area contributed by atoms with Crippen LogP contribution in [0.1, 0.15) is 18.4 Å². The molecule has 5 nitrogen and oxygen atoms in total. The van der Waals surface area contributed by atoms with Crippen molar-refractivity contribution in [3.63, 3.8) is 0 Å². The number of hydrogen-bond acceptors (Lipinski definition) is 5. The van der Waals surface area contributed by atoms with Gasteiger partial charge in [-0.2, -0.15) is 0 Å². The number of fused-ring (bicyclic) bond motifs is 1. The zero-order valence-electron chi connectivity index (χ0n) is 13.9. The fourth-order valence-corrected chi connectivity index (χ4v) is 3.45. The lowest BCUT2D eigenvalue weighted by atomic mass is 10.0. The van der Waals surface area contributed by atoms with Crippen molar-refractivity contribution >= 4 is 5.69 Å². The molecule has 1 aromatic rings. The molecule has 0 saturated carbocycles. The summed E-state index contributed by atoms with van der Waals surface area (Å²) < 4.78 is 5.44. The van der Waals surface area contributed by atoms with Crippen LogP contribution in [0.25, 0.3) is 0 Å². The van der Waals surface area contributed by atoms with Gasteiger partial charge in [-0.25, -0.2) is 0 Å². The van der Waals surface area contributed by atoms with Crippen LogP contribution in [0.15, 0.2) is 24.3 Å². The van der Waals surface area contributed by atoms with Crippen LogP contribution in [0.3, 0.4) is 0 Å². The Kier molecular flexibility index (Phi) is 5.89. The Labute approximate surface area is 139 Å². The minimum absolute atomic E-state index is 0.409. The van der Waals surface area contributed by atoms with Gasteiger partial charge < -0.3 is 25.4 Å². The highest BCUT2D eigenvalue weighted by Crippen LogP contribution is 2.26. The van der Waals surface area contributed by atoms with Crippen molar-refractivity contribution in [2.75, 3.05) is 57.4 Å². The summed E-state index contributed by atoms with van der Waals surface area (Å²) in [5.41, 5.74) is 2.09. The minimum atomic E-state index is -0.784.